The van der Waals surface area contributed by atoms with Gasteiger partial charge in [-0.25, -0.2) is 8.42 Å². The smallest absolute Gasteiger partial charge is 0.185 e. The summed E-state index contributed by atoms with van der Waals surface area (Å²) < 4.78 is 22.7. The zero-order valence-corrected chi connectivity index (χ0v) is 9.23. The van der Waals surface area contributed by atoms with Crippen LogP contribution < -0.4 is 0 Å². The zero-order chi connectivity index (χ0) is 10.8. The lowest BCUT2D eigenvalue weighted by Gasteiger charge is -2.01. The van der Waals surface area contributed by atoms with E-state index in [9.17, 15) is 13.2 Å². The molecule has 6 heteroatoms. The Labute approximate surface area is 91.6 Å². The molecule has 76 valence electrons. The van der Waals surface area contributed by atoms with Gasteiger partial charge in [-0.2, -0.15) is 0 Å². The highest BCUT2D eigenvalue weighted by Gasteiger charge is 2.14. The molecule has 0 aliphatic heterocycles. The molecule has 0 radical (unpaired) electrons. The van der Waals surface area contributed by atoms with Crippen LogP contribution in [0.3, 0.4) is 0 Å². The third-order valence-corrected chi connectivity index (χ3v) is 3.82. The maximum atomic E-state index is 11.4. The van der Waals surface area contributed by atoms with E-state index >= 15 is 0 Å². The molecule has 0 spiro atoms. The van der Waals surface area contributed by atoms with Gasteiger partial charge in [0.05, 0.1) is 14.9 Å². The first-order chi connectivity index (χ1) is 6.47. The van der Waals surface area contributed by atoms with Crippen molar-refractivity contribution in [1.82, 2.24) is 0 Å². The Morgan fingerprint density at radius 3 is 2.36 bits per heavy atom. The average molecular weight is 253 g/mol. The zero-order valence-electron chi connectivity index (χ0n) is 6.91. The van der Waals surface area contributed by atoms with Crippen LogP contribution in [0.2, 0.25) is 10.0 Å². The fourth-order valence-electron chi connectivity index (χ4n) is 0.856. The van der Waals surface area contributed by atoms with E-state index in [-0.39, 0.29) is 14.9 Å². The molecule has 3 nitrogen and oxygen atoms in total. The number of halogens is 2. The van der Waals surface area contributed by atoms with Crippen LogP contribution in [0.15, 0.2) is 23.1 Å². The Hall–Kier alpha value is -0.580. The fourth-order valence-corrected chi connectivity index (χ4v) is 2.16. The minimum atomic E-state index is -3.56. The van der Waals surface area contributed by atoms with Crippen molar-refractivity contribution >= 4 is 39.3 Å². The summed E-state index contributed by atoms with van der Waals surface area (Å²) in [6, 6.07) is 3.91. The van der Waals surface area contributed by atoms with Crippen LogP contribution in [0.5, 0.6) is 0 Å². The van der Waals surface area contributed by atoms with Crippen molar-refractivity contribution in [3.8, 4) is 0 Å². The number of hydrogen-bond donors (Lipinski definition) is 0. The summed E-state index contributed by atoms with van der Waals surface area (Å²) in [5.74, 6) is -0.551. The average Bonchev–Trinajstić information content (AvgIpc) is 2.09. The minimum absolute atomic E-state index is 0.000926. The molecule has 0 saturated heterocycles. The Morgan fingerprint density at radius 2 is 1.86 bits per heavy atom. The molecule has 0 aromatic heterocycles. The van der Waals surface area contributed by atoms with Crippen molar-refractivity contribution in [2.75, 3.05) is 5.75 Å². The molecule has 0 fully saturated rings. The summed E-state index contributed by atoms with van der Waals surface area (Å²) in [5.41, 5.74) is 0. The van der Waals surface area contributed by atoms with Crippen LogP contribution >= 0.6 is 23.2 Å². The van der Waals surface area contributed by atoms with Gasteiger partial charge in [-0.1, -0.05) is 23.2 Å². The Morgan fingerprint density at radius 1 is 1.21 bits per heavy atom. The van der Waals surface area contributed by atoms with Gasteiger partial charge in [0.15, 0.2) is 9.84 Å². The van der Waals surface area contributed by atoms with E-state index < -0.39 is 15.6 Å². The van der Waals surface area contributed by atoms with E-state index in [4.69, 9.17) is 23.2 Å². The summed E-state index contributed by atoms with van der Waals surface area (Å²) in [7, 11) is -3.56. The van der Waals surface area contributed by atoms with Crippen molar-refractivity contribution in [2.24, 2.45) is 0 Å². The second-order valence-corrected chi connectivity index (χ2v) is 5.37. The monoisotopic (exact) mass is 252 g/mol. The first-order valence-electron chi connectivity index (χ1n) is 3.59. The summed E-state index contributed by atoms with van der Waals surface area (Å²) in [4.78, 5) is 10.1. The van der Waals surface area contributed by atoms with Crippen LogP contribution in [0, 0.1) is 0 Å². The number of benzene rings is 1. The second kappa shape index (κ2) is 4.29. The molecule has 0 unspecified atom stereocenters. The first kappa shape index (κ1) is 11.5. The van der Waals surface area contributed by atoms with Gasteiger partial charge in [0.2, 0.25) is 0 Å². The molecular weight excluding hydrogens is 247 g/mol. The molecule has 1 aromatic carbocycles. The van der Waals surface area contributed by atoms with E-state index in [1.165, 1.54) is 18.2 Å². The highest BCUT2D eigenvalue weighted by Crippen LogP contribution is 2.25. The number of hydrogen-bond acceptors (Lipinski definition) is 3. The molecule has 0 aliphatic carbocycles. The first-order valence-corrected chi connectivity index (χ1v) is 5.99. The molecule has 0 saturated carbocycles. The molecule has 0 heterocycles. The molecule has 0 atom stereocenters. The van der Waals surface area contributed by atoms with Gasteiger partial charge in [-0.3, -0.25) is 0 Å². The van der Waals surface area contributed by atoms with Crippen LogP contribution in [-0.4, -0.2) is 20.5 Å². The van der Waals surface area contributed by atoms with Crippen molar-refractivity contribution in [2.45, 2.75) is 4.90 Å². The third-order valence-electron chi connectivity index (χ3n) is 1.54. The lowest BCUT2D eigenvalue weighted by Crippen LogP contribution is -2.07. The summed E-state index contributed by atoms with van der Waals surface area (Å²) >= 11 is 11.2. The van der Waals surface area contributed by atoms with Gasteiger partial charge >= 0.3 is 0 Å². The van der Waals surface area contributed by atoms with Crippen LogP contribution in [-0.2, 0) is 14.6 Å². The molecule has 0 amide bonds. The summed E-state index contributed by atoms with van der Waals surface area (Å²) in [6.45, 7) is 0. The van der Waals surface area contributed by atoms with Crippen molar-refractivity contribution in [1.29, 1.82) is 0 Å². The number of rotatable bonds is 3. The normalized spacial score (nSPS) is 11.3. The Balaban J connectivity index is 3.21. The molecule has 0 aliphatic rings. The topological polar surface area (TPSA) is 51.2 Å². The molecule has 0 bridgehead atoms. The lowest BCUT2D eigenvalue weighted by molar-refractivity contribution is -0.105. The summed E-state index contributed by atoms with van der Waals surface area (Å²) in [5, 5.41) is 0.426. The van der Waals surface area contributed by atoms with E-state index in [0.717, 1.165) is 0 Å². The highest BCUT2D eigenvalue weighted by molar-refractivity contribution is 7.92. The highest BCUT2D eigenvalue weighted by atomic mass is 35.5. The lowest BCUT2D eigenvalue weighted by atomic mass is 10.4. The van der Waals surface area contributed by atoms with Gasteiger partial charge in [0.1, 0.15) is 12.0 Å². The van der Waals surface area contributed by atoms with Crippen LogP contribution in [0.4, 0.5) is 0 Å². The Kier molecular flexibility index (Phi) is 3.53. The summed E-state index contributed by atoms with van der Waals surface area (Å²) in [6.07, 6.45) is 0.331. The van der Waals surface area contributed by atoms with E-state index in [1.807, 2.05) is 0 Å². The maximum Gasteiger partial charge on any atom is 0.185 e. The largest absolute Gasteiger partial charge is 0.302 e. The number of aldehydes is 1. The van der Waals surface area contributed by atoms with Gasteiger partial charge in [0.25, 0.3) is 0 Å². The van der Waals surface area contributed by atoms with E-state index in [2.05, 4.69) is 0 Å². The van der Waals surface area contributed by atoms with Gasteiger partial charge in [0, 0.05) is 0 Å². The minimum Gasteiger partial charge on any atom is -0.302 e. The SMILES string of the molecule is O=CCS(=O)(=O)c1ccc(Cl)c(Cl)c1. The second-order valence-electron chi connectivity index (χ2n) is 2.52. The fraction of sp³-hybridized carbons (Fsp3) is 0.125. The van der Waals surface area contributed by atoms with Crippen molar-refractivity contribution in [3.63, 3.8) is 0 Å². The predicted octanol–water partition coefficient (Wildman–Crippen LogP) is 1.97. The molecule has 1 aromatic rings. The van der Waals surface area contributed by atoms with Gasteiger partial charge in [-0.05, 0) is 18.2 Å². The maximum absolute atomic E-state index is 11.4. The molecule has 0 N–H and O–H groups in total. The van der Waals surface area contributed by atoms with E-state index in [1.54, 1.807) is 0 Å². The number of carbonyl (C=O) groups excluding carboxylic acids is 1. The van der Waals surface area contributed by atoms with Gasteiger partial charge in [-0.15, -0.1) is 0 Å². The van der Waals surface area contributed by atoms with Crippen molar-refractivity contribution in [3.05, 3.63) is 28.2 Å². The Bertz CT molecular complexity index is 454. The quantitative estimate of drug-likeness (QED) is 0.774. The predicted molar refractivity (Wildman–Crippen MR) is 54.6 cm³/mol. The van der Waals surface area contributed by atoms with Crippen molar-refractivity contribution < 1.29 is 13.2 Å². The molecular formula is C8H6Cl2O3S. The van der Waals surface area contributed by atoms with Crippen LogP contribution in [0.1, 0.15) is 0 Å². The van der Waals surface area contributed by atoms with E-state index in [0.29, 0.717) is 6.29 Å². The molecule has 1 rings (SSSR count). The number of carbonyl (C=O) groups is 1. The standard InChI is InChI=1S/C8H6Cl2O3S/c9-7-2-1-6(5-8(7)10)14(12,13)4-3-11/h1-3,5H,4H2. The third kappa shape index (κ3) is 2.47. The van der Waals surface area contributed by atoms with Crippen LogP contribution in [0.25, 0.3) is 0 Å². The molecule has 14 heavy (non-hydrogen) atoms. The van der Waals surface area contributed by atoms with Gasteiger partial charge < -0.3 is 4.79 Å². The number of sulfone groups is 1.